The van der Waals surface area contributed by atoms with E-state index in [2.05, 4.69) is 58.3 Å². The van der Waals surface area contributed by atoms with Gasteiger partial charge in [-0.1, -0.05) is 60.6 Å². The summed E-state index contributed by atoms with van der Waals surface area (Å²) in [5, 5.41) is 14.0. The molecule has 0 aromatic rings. The highest BCUT2D eigenvalue weighted by molar-refractivity contribution is 7.91. The standard InChI is InChI=1S/C54H90N2O12S/c1-35(2)37-14-19-54(55-33-41(56-22-30-69(61,62)31-23-56)36(3)67-45(57)34-66-29-28-65-27-26-64-25-24-63-11)21-20-52(9)38(46(37)54)12-13-43-51(8)17-16-44(50(6,7)42(51)15-18-53(43,52)10)68-48(60)40-32-39(47(58)59)49(40,4)5/h36-44,46,55H,1,12-34H2,2-11H3,(H,58,59)/t36-,37+,38-,39+,40-,41-,42+,43-,44+,46-,51+,52-,53-,54+/m1/s1. The van der Waals surface area contributed by atoms with Crippen molar-refractivity contribution in [3.05, 3.63) is 12.2 Å². The molecule has 1 aliphatic heterocycles. The molecular formula is C54H90N2O12S. The van der Waals surface area contributed by atoms with Crippen molar-refractivity contribution in [2.45, 2.75) is 157 Å². The zero-order chi connectivity index (χ0) is 50.4. The molecule has 0 aromatic carbocycles. The van der Waals surface area contributed by atoms with E-state index in [1.54, 1.807) is 7.11 Å². The van der Waals surface area contributed by atoms with Gasteiger partial charge in [-0.15, -0.1) is 0 Å². The molecule has 7 rings (SSSR count). The molecule has 14 nitrogen and oxygen atoms in total. The minimum absolute atomic E-state index is 0.0902. The van der Waals surface area contributed by atoms with Crippen LogP contribution < -0.4 is 5.32 Å². The summed E-state index contributed by atoms with van der Waals surface area (Å²) in [6, 6.07) is -0.221. The van der Waals surface area contributed by atoms with Crippen LogP contribution in [-0.2, 0) is 52.6 Å². The number of carboxylic acids is 1. The quantitative estimate of drug-likeness (QED) is 0.0662. The Kier molecular flexibility index (Phi) is 16.6. The van der Waals surface area contributed by atoms with Gasteiger partial charge in [-0.05, 0) is 136 Å². The van der Waals surface area contributed by atoms with Crippen LogP contribution in [0.25, 0.3) is 0 Å². The number of methoxy groups -OCH3 is 1. The molecule has 0 aromatic heterocycles. The number of nitrogens with zero attached hydrogens (tertiary/aromatic N) is 1. The number of fused-ring (bicyclic) bond motifs is 7. The molecule has 6 aliphatic carbocycles. The van der Waals surface area contributed by atoms with Crippen LogP contribution in [-0.4, -0.2) is 145 Å². The molecule has 69 heavy (non-hydrogen) atoms. The average Bonchev–Trinajstić information content (AvgIpc) is 3.66. The van der Waals surface area contributed by atoms with E-state index in [0.717, 1.165) is 57.8 Å². The average molecular weight is 991 g/mol. The molecule has 15 heteroatoms. The SMILES string of the molecule is C=C(C)[C@@H]1CC[C@]2(NC[C@H]([C@@H](C)OC(=O)COCCOCCOCCOC)N3CCS(=O)(=O)CC3)CC[C@]3(C)[C@H](CC[C@@H]4[C@@]5(C)CC[C@H](OC(=O)[C@H]6C[C@@H](C(=O)O)C6(C)C)C(C)(C)[C@@H]5CC[C@]43C)[C@@H]12. The Morgan fingerprint density at radius 3 is 2.04 bits per heavy atom. The monoisotopic (exact) mass is 991 g/mol. The number of hydrogen-bond donors (Lipinski definition) is 2. The lowest BCUT2D eigenvalue weighted by molar-refractivity contribution is -0.248. The number of carbonyl (C=O) groups is 3. The van der Waals surface area contributed by atoms with Crippen LogP contribution in [0.2, 0.25) is 0 Å². The van der Waals surface area contributed by atoms with Crippen molar-refractivity contribution in [1.82, 2.24) is 10.2 Å². The Morgan fingerprint density at radius 2 is 1.42 bits per heavy atom. The molecule has 0 amide bonds. The molecule has 2 N–H and O–H groups in total. The Balaban J connectivity index is 1.03. The van der Waals surface area contributed by atoms with Gasteiger partial charge in [-0.2, -0.15) is 0 Å². The molecule has 1 saturated heterocycles. The number of carbonyl (C=O) groups excluding carboxylic acids is 2. The van der Waals surface area contributed by atoms with E-state index in [-0.39, 0.29) is 76.0 Å². The van der Waals surface area contributed by atoms with Gasteiger partial charge in [0.2, 0.25) is 0 Å². The van der Waals surface area contributed by atoms with Crippen molar-refractivity contribution in [3.8, 4) is 0 Å². The summed E-state index contributed by atoms with van der Waals surface area (Å²) in [5.74, 6) is -0.0231. The molecule has 6 saturated carbocycles. The van der Waals surface area contributed by atoms with Gasteiger partial charge in [0, 0.05) is 37.7 Å². The number of nitrogens with one attached hydrogen (secondary N) is 1. The fourth-order valence-corrected chi connectivity index (χ4v) is 17.8. The van der Waals surface area contributed by atoms with Gasteiger partial charge in [-0.3, -0.25) is 14.5 Å². The Labute approximate surface area is 414 Å². The van der Waals surface area contributed by atoms with E-state index in [1.165, 1.54) is 12.0 Å². The molecule has 14 atom stereocenters. The van der Waals surface area contributed by atoms with E-state index in [4.69, 9.17) is 28.4 Å². The van der Waals surface area contributed by atoms with Crippen LogP contribution in [0.15, 0.2) is 12.2 Å². The first-order chi connectivity index (χ1) is 32.4. The van der Waals surface area contributed by atoms with E-state index in [0.29, 0.717) is 88.7 Å². The van der Waals surface area contributed by atoms with E-state index < -0.39 is 39.2 Å². The molecule has 7 aliphatic rings. The number of allylic oxidation sites excluding steroid dienone is 1. The molecule has 1 heterocycles. The lowest BCUT2D eigenvalue weighted by atomic mass is 9.32. The highest BCUT2D eigenvalue weighted by atomic mass is 32.2. The summed E-state index contributed by atoms with van der Waals surface area (Å²) in [4.78, 5) is 41.0. The van der Waals surface area contributed by atoms with Gasteiger partial charge >= 0.3 is 17.9 Å². The minimum Gasteiger partial charge on any atom is -0.481 e. The number of sulfone groups is 1. The maximum Gasteiger partial charge on any atom is 0.332 e. The van der Waals surface area contributed by atoms with Crippen molar-refractivity contribution in [1.29, 1.82) is 0 Å². The Morgan fingerprint density at radius 1 is 0.768 bits per heavy atom. The summed E-state index contributed by atoms with van der Waals surface area (Å²) in [7, 11) is -1.50. The van der Waals surface area contributed by atoms with Gasteiger partial charge in [0.25, 0.3) is 0 Å². The molecule has 0 radical (unpaired) electrons. The Bertz CT molecular complexity index is 1960. The number of aliphatic carboxylic acids is 1. The smallest absolute Gasteiger partial charge is 0.332 e. The van der Waals surface area contributed by atoms with Crippen molar-refractivity contribution in [2.24, 2.45) is 68.5 Å². The van der Waals surface area contributed by atoms with E-state index in [9.17, 15) is 27.9 Å². The second-order valence-electron chi connectivity index (χ2n) is 24.7. The first-order valence-electron chi connectivity index (χ1n) is 26.6. The van der Waals surface area contributed by atoms with Crippen LogP contribution in [0.3, 0.4) is 0 Å². The van der Waals surface area contributed by atoms with Crippen molar-refractivity contribution in [2.75, 3.05) is 84.5 Å². The third-order valence-corrected chi connectivity index (χ3v) is 22.5. The highest BCUT2D eigenvalue weighted by Gasteiger charge is 2.71. The van der Waals surface area contributed by atoms with Gasteiger partial charge < -0.3 is 38.8 Å². The van der Waals surface area contributed by atoms with Gasteiger partial charge in [0.15, 0.2) is 9.84 Å². The second-order valence-corrected chi connectivity index (χ2v) is 27.0. The maximum absolute atomic E-state index is 13.7. The predicted octanol–water partition coefficient (Wildman–Crippen LogP) is 7.37. The highest BCUT2D eigenvalue weighted by Crippen LogP contribution is 2.76. The third-order valence-electron chi connectivity index (χ3n) is 20.9. The van der Waals surface area contributed by atoms with Crippen LogP contribution >= 0.6 is 0 Å². The molecule has 0 unspecified atom stereocenters. The third kappa shape index (κ3) is 10.4. The van der Waals surface area contributed by atoms with Crippen LogP contribution in [0, 0.1) is 68.5 Å². The van der Waals surface area contributed by atoms with Crippen LogP contribution in [0.5, 0.6) is 0 Å². The van der Waals surface area contributed by atoms with Crippen molar-refractivity contribution >= 4 is 27.7 Å². The van der Waals surface area contributed by atoms with E-state index >= 15 is 0 Å². The maximum atomic E-state index is 13.7. The van der Waals surface area contributed by atoms with Gasteiger partial charge in [0.05, 0.1) is 69.0 Å². The summed E-state index contributed by atoms with van der Waals surface area (Å²) < 4.78 is 59.4. The lowest BCUT2D eigenvalue weighted by Gasteiger charge is -2.73. The number of carboxylic acid groups (broad SMARTS) is 1. The predicted molar refractivity (Wildman–Crippen MR) is 264 cm³/mol. The summed E-state index contributed by atoms with van der Waals surface area (Å²) in [6.45, 7) is 28.8. The second kappa shape index (κ2) is 21.0. The largest absolute Gasteiger partial charge is 0.481 e. The molecule has 0 bridgehead atoms. The minimum atomic E-state index is -3.13. The number of rotatable bonds is 21. The van der Waals surface area contributed by atoms with Gasteiger partial charge in [-0.25, -0.2) is 13.2 Å². The number of ether oxygens (including phenoxy) is 6. The Hall–Kier alpha value is -2.14. The zero-order valence-corrected chi connectivity index (χ0v) is 44.9. The molecule has 394 valence electrons. The van der Waals surface area contributed by atoms with Crippen molar-refractivity contribution in [3.63, 3.8) is 0 Å². The van der Waals surface area contributed by atoms with Gasteiger partial charge in [0.1, 0.15) is 18.8 Å². The van der Waals surface area contributed by atoms with Crippen LogP contribution in [0.1, 0.15) is 133 Å². The number of hydrogen-bond acceptors (Lipinski definition) is 13. The van der Waals surface area contributed by atoms with Crippen molar-refractivity contribution < 1.29 is 56.3 Å². The molecular weight excluding hydrogens is 901 g/mol. The summed E-state index contributed by atoms with van der Waals surface area (Å²) in [5.41, 5.74) is 0.621. The number of esters is 2. The topological polar surface area (TPSA) is 176 Å². The fourth-order valence-electron chi connectivity index (χ4n) is 16.6. The first-order valence-corrected chi connectivity index (χ1v) is 28.4. The molecule has 7 fully saturated rings. The lowest BCUT2D eigenvalue weighted by Crippen LogP contribution is -2.69. The summed E-state index contributed by atoms with van der Waals surface area (Å²) >= 11 is 0. The summed E-state index contributed by atoms with van der Waals surface area (Å²) in [6.07, 6.45) is 10.4. The zero-order valence-electron chi connectivity index (χ0n) is 44.0. The van der Waals surface area contributed by atoms with Crippen LogP contribution in [0.4, 0.5) is 0 Å². The molecule has 0 spiro atoms. The normalized spacial score (nSPS) is 39.6. The first kappa shape index (κ1) is 54.6. The fraction of sp³-hybridized carbons (Fsp3) is 0.907. The van der Waals surface area contributed by atoms with E-state index in [1.807, 2.05) is 20.8 Å².